The minimum atomic E-state index is -0.342. The van der Waals surface area contributed by atoms with Gasteiger partial charge >= 0.3 is 5.97 Å². The summed E-state index contributed by atoms with van der Waals surface area (Å²) in [5.74, 6) is 0.408. The molecule has 1 aliphatic heterocycles. The summed E-state index contributed by atoms with van der Waals surface area (Å²) in [7, 11) is 0. The Hall–Kier alpha value is -3.60. The van der Waals surface area contributed by atoms with E-state index < -0.39 is 0 Å². The molecule has 4 rings (SSSR count). The van der Waals surface area contributed by atoms with E-state index in [0.717, 1.165) is 16.9 Å². The largest absolute Gasteiger partial charge is 0.492 e. The number of esters is 1. The highest BCUT2D eigenvalue weighted by Gasteiger charge is 2.27. The molecule has 146 valence electrons. The van der Waals surface area contributed by atoms with Gasteiger partial charge in [0.05, 0.1) is 5.92 Å². The van der Waals surface area contributed by atoms with Crippen LogP contribution >= 0.6 is 0 Å². The third-order valence-electron chi connectivity index (χ3n) is 4.82. The number of anilines is 1. The molecule has 0 fully saturated rings. The number of nitrogens with one attached hydrogen (secondary N) is 1. The van der Waals surface area contributed by atoms with Crippen molar-refractivity contribution >= 4 is 17.6 Å². The third kappa shape index (κ3) is 4.46. The van der Waals surface area contributed by atoms with Gasteiger partial charge in [-0.2, -0.15) is 0 Å². The minimum Gasteiger partial charge on any atom is -0.492 e. The smallest absolute Gasteiger partial charge is 0.318 e. The summed E-state index contributed by atoms with van der Waals surface area (Å²) < 4.78 is 11.2. The van der Waals surface area contributed by atoms with Crippen LogP contribution in [0, 0.1) is 12.8 Å². The highest BCUT2D eigenvalue weighted by Crippen LogP contribution is 2.28. The molecule has 0 saturated carbocycles. The van der Waals surface area contributed by atoms with Gasteiger partial charge in [0.15, 0.2) is 0 Å². The quantitative estimate of drug-likeness (QED) is 0.532. The molecule has 1 N–H and O–H groups in total. The van der Waals surface area contributed by atoms with Crippen molar-refractivity contribution in [3.63, 3.8) is 0 Å². The van der Waals surface area contributed by atoms with Crippen molar-refractivity contribution < 1.29 is 19.1 Å². The van der Waals surface area contributed by atoms with Crippen molar-refractivity contribution in [2.45, 2.75) is 13.3 Å². The summed E-state index contributed by atoms with van der Waals surface area (Å²) in [6.45, 7) is 2.25. The summed E-state index contributed by atoms with van der Waals surface area (Å²) >= 11 is 0. The molecule has 29 heavy (non-hydrogen) atoms. The predicted molar refractivity (Wildman–Crippen MR) is 110 cm³/mol. The molecule has 1 aliphatic rings. The maximum Gasteiger partial charge on any atom is 0.318 e. The molecule has 1 amide bonds. The minimum absolute atomic E-state index is 0.184. The van der Waals surface area contributed by atoms with E-state index in [-0.39, 0.29) is 17.8 Å². The number of rotatable bonds is 4. The van der Waals surface area contributed by atoms with Crippen LogP contribution in [0.15, 0.2) is 72.8 Å². The van der Waals surface area contributed by atoms with Crippen LogP contribution in [0.1, 0.15) is 21.5 Å². The number of para-hydroxylation sites is 1. The summed E-state index contributed by atoms with van der Waals surface area (Å²) in [4.78, 5) is 24.8. The molecule has 5 heteroatoms. The van der Waals surface area contributed by atoms with Crippen LogP contribution in [0.5, 0.6) is 11.5 Å². The second-order valence-corrected chi connectivity index (χ2v) is 7.09. The van der Waals surface area contributed by atoms with Gasteiger partial charge in [0, 0.05) is 11.3 Å². The van der Waals surface area contributed by atoms with E-state index >= 15 is 0 Å². The van der Waals surface area contributed by atoms with Crippen LogP contribution in [0.4, 0.5) is 5.69 Å². The Morgan fingerprint density at radius 3 is 2.59 bits per heavy atom. The number of hydrogen-bond donors (Lipinski definition) is 1. The molecule has 0 saturated heterocycles. The van der Waals surface area contributed by atoms with Gasteiger partial charge < -0.3 is 14.8 Å². The molecule has 0 aromatic heterocycles. The Bertz CT molecular complexity index is 1040. The maximum atomic E-state index is 12.5. The van der Waals surface area contributed by atoms with Crippen LogP contribution in [0.2, 0.25) is 0 Å². The van der Waals surface area contributed by atoms with E-state index in [1.54, 1.807) is 30.3 Å². The standard InChI is InChI=1S/C24H21NO4/c1-16-5-4-7-18(13-16)23(26)25-20-9-11-21(12-10-20)29-24(27)19-14-17-6-2-3-8-22(17)28-15-19/h2-13,19H,14-15H2,1H3,(H,25,26)/t19-/m1/s1. The van der Waals surface area contributed by atoms with Crippen LogP contribution in [0.25, 0.3) is 0 Å². The van der Waals surface area contributed by atoms with Gasteiger partial charge in [0.1, 0.15) is 18.1 Å². The number of ether oxygens (including phenoxy) is 2. The number of hydrogen-bond acceptors (Lipinski definition) is 4. The van der Waals surface area contributed by atoms with E-state index in [4.69, 9.17) is 9.47 Å². The highest BCUT2D eigenvalue weighted by atomic mass is 16.5. The maximum absolute atomic E-state index is 12.5. The summed E-state index contributed by atoms with van der Waals surface area (Å²) in [5.41, 5.74) is 3.26. The number of amides is 1. The van der Waals surface area contributed by atoms with Gasteiger partial charge in [-0.3, -0.25) is 9.59 Å². The fraction of sp³-hybridized carbons (Fsp3) is 0.167. The number of carbonyl (C=O) groups is 2. The molecule has 0 spiro atoms. The van der Waals surface area contributed by atoms with E-state index in [2.05, 4.69) is 5.32 Å². The van der Waals surface area contributed by atoms with E-state index in [0.29, 0.717) is 30.0 Å². The lowest BCUT2D eigenvalue weighted by molar-refractivity contribution is -0.140. The third-order valence-corrected chi connectivity index (χ3v) is 4.82. The number of fused-ring (bicyclic) bond motifs is 1. The molecule has 3 aromatic rings. The Balaban J connectivity index is 1.36. The molecule has 0 aliphatic carbocycles. The molecule has 0 unspecified atom stereocenters. The van der Waals surface area contributed by atoms with Gasteiger partial charge in [-0.15, -0.1) is 0 Å². The average molecular weight is 387 g/mol. The zero-order valence-electron chi connectivity index (χ0n) is 16.1. The van der Waals surface area contributed by atoms with Gasteiger partial charge in [-0.1, -0.05) is 35.9 Å². The first kappa shape index (κ1) is 18.7. The second-order valence-electron chi connectivity index (χ2n) is 7.09. The van der Waals surface area contributed by atoms with Crippen molar-refractivity contribution in [1.29, 1.82) is 0 Å². The van der Waals surface area contributed by atoms with Gasteiger partial charge in [0.2, 0.25) is 0 Å². The number of benzene rings is 3. The lowest BCUT2D eigenvalue weighted by atomic mass is 9.97. The molecule has 5 nitrogen and oxygen atoms in total. The Morgan fingerprint density at radius 2 is 1.79 bits per heavy atom. The van der Waals surface area contributed by atoms with Crippen molar-refractivity contribution in [3.05, 3.63) is 89.5 Å². The molecule has 1 heterocycles. The molecule has 3 aromatic carbocycles. The van der Waals surface area contributed by atoms with Crippen LogP contribution in [-0.4, -0.2) is 18.5 Å². The van der Waals surface area contributed by atoms with Crippen LogP contribution in [-0.2, 0) is 11.2 Å². The molecule has 1 atom stereocenters. The van der Waals surface area contributed by atoms with E-state index in [1.165, 1.54) is 0 Å². The predicted octanol–water partition coefficient (Wildman–Crippen LogP) is 4.40. The van der Waals surface area contributed by atoms with Crippen LogP contribution in [0.3, 0.4) is 0 Å². The molecule has 0 radical (unpaired) electrons. The SMILES string of the molecule is Cc1cccc(C(=O)Nc2ccc(OC(=O)[C@H]3COc4ccccc4C3)cc2)c1. The Morgan fingerprint density at radius 1 is 1.00 bits per heavy atom. The zero-order chi connectivity index (χ0) is 20.2. The number of aryl methyl sites for hydroxylation is 1. The Kier molecular flexibility index (Phi) is 5.29. The normalized spacial score (nSPS) is 15.0. The summed E-state index contributed by atoms with van der Waals surface area (Å²) in [6.07, 6.45) is 0.597. The first-order valence-corrected chi connectivity index (χ1v) is 9.49. The van der Waals surface area contributed by atoms with Crippen molar-refractivity contribution in [2.75, 3.05) is 11.9 Å². The summed E-state index contributed by atoms with van der Waals surface area (Å²) in [6, 6.07) is 21.8. The monoisotopic (exact) mass is 387 g/mol. The summed E-state index contributed by atoms with van der Waals surface area (Å²) in [5, 5.41) is 2.84. The molecular weight excluding hydrogens is 366 g/mol. The first-order chi connectivity index (χ1) is 14.1. The van der Waals surface area contributed by atoms with E-state index in [1.807, 2.05) is 49.4 Å². The lowest BCUT2D eigenvalue weighted by Crippen LogP contribution is -2.31. The fourth-order valence-corrected chi connectivity index (χ4v) is 3.27. The molecular formula is C24H21NO4. The lowest BCUT2D eigenvalue weighted by Gasteiger charge is -2.23. The van der Waals surface area contributed by atoms with Gasteiger partial charge in [-0.25, -0.2) is 0 Å². The topological polar surface area (TPSA) is 64.6 Å². The van der Waals surface area contributed by atoms with Gasteiger partial charge in [0.25, 0.3) is 5.91 Å². The average Bonchev–Trinajstić information content (AvgIpc) is 2.74. The fourth-order valence-electron chi connectivity index (χ4n) is 3.27. The highest BCUT2D eigenvalue weighted by molar-refractivity contribution is 6.04. The second kappa shape index (κ2) is 8.19. The molecule has 0 bridgehead atoms. The zero-order valence-corrected chi connectivity index (χ0v) is 16.1. The van der Waals surface area contributed by atoms with Gasteiger partial charge in [-0.05, 0) is 61.4 Å². The van der Waals surface area contributed by atoms with Crippen molar-refractivity contribution in [2.24, 2.45) is 5.92 Å². The number of carbonyl (C=O) groups excluding carboxylic acids is 2. The van der Waals surface area contributed by atoms with Crippen molar-refractivity contribution in [3.8, 4) is 11.5 Å². The first-order valence-electron chi connectivity index (χ1n) is 9.49. The Labute approximate surface area is 169 Å². The van der Waals surface area contributed by atoms with Crippen molar-refractivity contribution in [1.82, 2.24) is 0 Å². The van der Waals surface area contributed by atoms with E-state index in [9.17, 15) is 9.59 Å². The van der Waals surface area contributed by atoms with Crippen LogP contribution < -0.4 is 14.8 Å².